The molecule has 1 heterocycles. The highest BCUT2D eigenvalue weighted by Gasteiger charge is 2.16. The number of thiazole rings is 1. The molecule has 0 aliphatic heterocycles. The number of hydrogen-bond donors (Lipinski definition) is 2. The predicted molar refractivity (Wildman–Crippen MR) is 121 cm³/mol. The average Bonchev–Trinajstić information content (AvgIpc) is 3.19. The standard InChI is InChI=1S/C22H25N3O3S2/c1-2-3-7-17-10-12-18(13-11-17)23-21(26)15-14-19-16-29-22(24-19)25-30(27,28)20-8-5-4-6-9-20/h4-6,8-13,16H,2-3,7,14-15H2,1H3,(H,23,26)(H,24,25). The molecule has 0 saturated heterocycles. The van der Waals surface area contributed by atoms with Crippen LogP contribution in [0.2, 0.25) is 0 Å². The van der Waals surface area contributed by atoms with Crippen molar-refractivity contribution in [3.63, 3.8) is 0 Å². The number of carbonyl (C=O) groups excluding carboxylic acids is 1. The van der Waals surface area contributed by atoms with Crippen molar-refractivity contribution in [3.05, 3.63) is 71.2 Å². The zero-order valence-corrected chi connectivity index (χ0v) is 18.4. The molecule has 0 bridgehead atoms. The van der Waals surface area contributed by atoms with Gasteiger partial charge in [0.1, 0.15) is 0 Å². The van der Waals surface area contributed by atoms with Crippen molar-refractivity contribution in [3.8, 4) is 0 Å². The molecule has 158 valence electrons. The Morgan fingerprint density at radius 1 is 1.03 bits per heavy atom. The second-order valence-corrected chi connectivity index (χ2v) is 9.45. The number of hydrogen-bond acceptors (Lipinski definition) is 5. The quantitative estimate of drug-likeness (QED) is 0.468. The Bertz CT molecular complexity index is 1060. The average molecular weight is 444 g/mol. The van der Waals surface area contributed by atoms with Crippen LogP contribution in [0.1, 0.15) is 37.4 Å². The lowest BCUT2D eigenvalue weighted by molar-refractivity contribution is -0.116. The van der Waals surface area contributed by atoms with Crippen molar-refractivity contribution in [1.82, 2.24) is 4.98 Å². The molecule has 0 atom stereocenters. The van der Waals surface area contributed by atoms with E-state index in [-0.39, 0.29) is 22.4 Å². The van der Waals surface area contributed by atoms with Crippen LogP contribution in [0.5, 0.6) is 0 Å². The molecule has 3 aromatic rings. The van der Waals surface area contributed by atoms with Gasteiger partial charge in [-0.3, -0.25) is 9.52 Å². The van der Waals surface area contributed by atoms with Gasteiger partial charge in [0, 0.05) is 17.5 Å². The molecule has 8 heteroatoms. The summed E-state index contributed by atoms with van der Waals surface area (Å²) in [5.74, 6) is -0.101. The zero-order chi connectivity index (χ0) is 21.4. The number of nitrogens with zero attached hydrogens (tertiary/aromatic N) is 1. The topological polar surface area (TPSA) is 88.2 Å². The minimum absolute atomic E-state index is 0.101. The summed E-state index contributed by atoms with van der Waals surface area (Å²) in [5.41, 5.74) is 2.72. The molecule has 0 spiro atoms. The number of anilines is 2. The molecular weight excluding hydrogens is 418 g/mol. The van der Waals surface area contributed by atoms with Crippen molar-refractivity contribution < 1.29 is 13.2 Å². The number of amides is 1. The highest BCUT2D eigenvalue weighted by atomic mass is 32.2. The lowest BCUT2D eigenvalue weighted by Gasteiger charge is -2.06. The largest absolute Gasteiger partial charge is 0.326 e. The zero-order valence-electron chi connectivity index (χ0n) is 16.8. The predicted octanol–water partition coefficient (Wildman–Crippen LogP) is 4.86. The van der Waals surface area contributed by atoms with Crippen LogP contribution in [-0.2, 0) is 27.7 Å². The van der Waals surface area contributed by atoms with Crippen molar-refractivity contribution in [2.24, 2.45) is 0 Å². The van der Waals surface area contributed by atoms with Gasteiger partial charge in [-0.15, -0.1) is 11.3 Å². The lowest BCUT2D eigenvalue weighted by Crippen LogP contribution is -2.13. The van der Waals surface area contributed by atoms with E-state index in [2.05, 4.69) is 21.9 Å². The molecule has 0 saturated carbocycles. The summed E-state index contributed by atoms with van der Waals surface area (Å²) in [4.78, 5) is 16.7. The van der Waals surface area contributed by atoms with E-state index in [9.17, 15) is 13.2 Å². The monoisotopic (exact) mass is 443 g/mol. The Kier molecular flexibility index (Phi) is 7.59. The number of benzene rings is 2. The third-order valence-corrected chi connectivity index (χ3v) is 6.78. The number of aromatic nitrogens is 1. The smallest absolute Gasteiger partial charge is 0.263 e. The molecule has 2 aromatic carbocycles. The van der Waals surface area contributed by atoms with E-state index in [4.69, 9.17) is 0 Å². The maximum absolute atomic E-state index is 12.4. The van der Waals surface area contributed by atoms with Crippen LogP contribution in [-0.4, -0.2) is 19.3 Å². The van der Waals surface area contributed by atoms with E-state index in [0.29, 0.717) is 12.1 Å². The molecule has 2 N–H and O–H groups in total. The molecular formula is C22H25N3O3S2. The van der Waals surface area contributed by atoms with Crippen LogP contribution >= 0.6 is 11.3 Å². The van der Waals surface area contributed by atoms with Crippen molar-refractivity contribution in [2.75, 3.05) is 10.0 Å². The van der Waals surface area contributed by atoms with E-state index < -0.39 is 10.0 Å². The van der Waals surface area contributed by atoms with Gasteiger partial charge in [-0.2, -0.15) is 0 Å². The van der Waals surface area contributed by atoms with E-state index in [1.165, 1.54) is 29.0 Å². The van der Waals surface area contributed by atoms with Crippen LogP contribution < -0.4 is 10.0 Å². The number of sulfonamides is 1. The molecule has 1 amide bonds. The second kappa shape index (κ2) is 10.4. The second-order valence-electron chi connectivity index (χ2n) is 6.91. The fourth-order valence-corrected chi connectivity index (χ4v) is 4.86. The highest BCUT2D eigenvalue weighted by Crippen LogP contribution is 2.21. The third kappa shape index (κ3) is 6.40. The molecule has 0 aliphatic carbocycles. The maximum atomic E-state index is 12.4. The molecule has 6 nitrogen and oxygen atoms in total. The van der Waals surface area contributed by atoms with Crippen LogP contribution in [0.3, 0.4) is 0 Å². The summed E-state index contributed by atoms with van der Waals surface area (Å²) in [6.45, 7) is 2.16. The number of carbonyl (C=O) groups is 1. The SMILES string of the molecule is CCCCc1ccc(NC(=O)CCc2csc(NS(=O)(=O)c3ccccc3)n2)cc1. The fraction of sp³-hybridized carbons (Fsp3) is 0.273. The number of rotatable bonds is 10. The maximum Gasteiger partial charge on any atom is 0.263 e. The Balaban J connectivity index is 1.49. The van der Waals surface area contributed by atoms with Gasteiger partial charge in [-0.25, -0.2) is 13.4 Å². The Hall–Kier alpha value is -2.71. The normalized spacial score (nSPS) is 11.2. The molecule has 3 rings (SSSR count). The van der Waals surface area contributed by atoms with Gasteiger partial charge >= 0.3 is 0 Å². The van der Waals surface area contributed by atoms with E-state index in [1.54, 1.807) is 23.6 Å². The van der Waals surface area contributed by atoms with E-state index >= 15 is 0 Å². The summed E-state index contributed by atoms with van der Waals surface area (Å²) >= 11 is 1.20. The summed E-state index contributed by atoms with van der Waals surface area (Å²) in [5, 5.41) is 4.94. The van der Waals surface area contributed by atoms with Gasteiger partial charge in [0.2, 0.25) is 5.91 Å². The van der Waals surface area contributed by atoms with Crippen LogP contribution in [0, 0.1) is 0 Å². The van der Waals surface area contributed by atoms with Gasteiger partial charge in [0.05, 0.1) is 10.6 Å². The molecule has 0 aliphatic rings. The van der Waals surface area contributed by atoms with Gasteiger partial charge in [-0.1, -0.05) is 43.7 Å². The molecule has 0 unspecified atom stereocenters. The van der Waals surface area contributed by atoms with Gasteiger partial charge in [0.15, 0.2) is 5.13 Å². The Morgan fingerprint density at radius 2 is 1.77 bits per heavy atom. The van der Waals surface area contributed by atoms with Crippen LogP contribution in [0.25, 0.3) is 0 Å². The Labute approximate surface area is 181 Å². The summed E-state index contributed by atoms with van der Waals surface area (Å²) < 4.78 is 27.2. The molecule has 30 heavy (non-hydrogen) atoms. The minimum Gasteiger partial charge on any atom is -0.326 e. The van der Waals surface area contributed by atoms with Gasteiger partial charge < -0.3 is 5.32 Å². The number of nitrogens with one attached hydrogen (secondary N) is 2. The third-order valence-electron chi connectivity index (χ3n) is 4.49. The highest BCUT2D eigenvalue weighted by molar-refractivity contribution is 7.93. The van der Waals surface area contributed by atoms with E-state index in [0.717, 1.165) is 24.9 Å². The van der Waals surface area contributed by atoms with Crippen LogP contribution in [0.4, 0.5) is 10.8 Å². The summed E-state index contributed by atoms with van der Waals surface area (Å²) in [6.07, 6.45) is 4.06. The lowest BCUT2D eigenvalue weighted by atomic mass is 10.1. The minimum atomic E-state index is -3.66. The summed E-state index contributed by atoms with van der Waals surface area (Å²) in [7, 11) is -3.66. The molecule has 0 fully saturated rings. The first-order valence-electron chi connectivity index (χ1n) is 9.87. The first kappa shape index (κ1) is 22.0. The number of aryl methyl sites for hydroxylation is 2. The summed E-state index contributed by atoms with van der Waals surface area (Å²) in [6, 6.07) is 16.1. The van der Waals surface area contributed by atoms with Crippen molar-refractivity contribution in [1.29, 1.82) is 0 Å². The van der Waals surface area contributed by atoms with E-state index in [1.807, 2.05) is 24.3 Å². The van der Waals surface area contributed by atoms with Gasteiger partial charge in [-0.05, 0) is 49.1 Å². The van der Waals surface area contributed by atoms with Crippen LogP contribution in [0.15, 0.2) is 64.9 Å². The van der Waals surface area contributed by atoms with Gasteiger partial charge in [0.25, 0.3) is 10.0 Å². The first-order chi connectivity index (χ1) is 14.5. The van der Waals surface area contributed by atoms with Crippen molar-refractivity contribution in [2.45, 2.75) is 43.9 Å². The molecule has 0 radical (unpaired) electrons. The first-order valence-corrected chi connectivity index (χ1v) is 12.2. The Morgan fingerprint density at radius 3 is 2.47 bits per heavy atom. The fourth-order valence-electron chi connectivity index (χ4n) is 2.84. The number of unbranched alkanes of at least 4 members (excludes halogenated alkanes) is 1. The molecule has 1 aromatic heterocycles. The van der Waals surface area contributed by atoms with Crippen molar-refractivity contribution >= 4 is 38.1 Å².